The largest absolute Gasteiger partial charge is 0.338 e. The van der Waals surface area contributed by atoms with Crippen molar-refractivity contribution < 1.29 is 0 Å². The number of nitrogens with two attached hydrogens (primary N) is 1. The Bertz CT molecular complexity index is 352. The van der Waals surface area contributed by atoms with Crippen LogP contribution in [0.25, 0.3) is 0 Å². The third-order valence-corrected chi connectivity index (χ3v) is 3.62. The number of aryl methyl sites for hydroxylation is 1. The highest BCUT2D eigenvalue weighted by Crippen LogP contribution is 2.13. The lowest BCUT2D eigenvalue weighted by Gasteiger charge is -2.38. The normalized spacial score (nSPS) is 18.9. The highest BCUT2D eigenvalue weighted by Gasteiger charge is 2.22. The minimum atomic E-state index is 0.520. The first-order valence-corrected chi connectivity index (χ1v) is 6.72. The molecule has 0 bridgehead atoms. The van der Waals surface area contributed by atoms with E-state index in [1.807, 2.05) is 19.3 Å². The quantitative estimate of drug-likeness (QED) is 0.849. The molecule has 1 aliphatic heterocycles. The molecule has 1 saturated heterocycles. The molecule has 0 radical (unpaired) electrons. The highest BCUT2D eigenvalue weighted by atomic mass is 15.3. The molecule has 0 aliphatic carbocycles. The van der Waals surface area contributed by atoms with Crippen LogP contribution in [-0.4, -0.2) is 53.6 Å². The van der Waals surface area contributed by atoms with Crippen molar-refractivity contribution >= 4 is 5.95 Å². The van der Waals surface area contributed by atoms with Gasteiger partial charge in [0, 0.05) is 51.2 Å². The second-order valence-corrected chi connectivity index (χ2v) is 4.88. The van der Waals surface area contributed by atoms with Gasteiger partial charge in [0.05, 0.1) is 0 Å². The van der Waals surface area contributed by atoms with E-state index in [0.29, 0.717) is 6.04 Å². The summed E-state index contributed by atoms with van der Waals surface area (Å²) in [5.74, 6) is 0.848. The predicted octanol–water partition coefficient (Wildman–Crippen LogP) is 0.644. The number of nitrogens with zero attached hydrogens (tertiary/aromatic N) is 4. The summed E-state index contributed by atoms with van der Waals surface area (Å²) in [5.41, 5.74) is 6.90. The maximum Gasteiger partial charge on any atom is 0.225 e. The van der Waals surface area contributed by atoms with Gasteiger partial charge >= 0.3 is 0 Å². The summed E-state index contributed by atoms with van der Waals surface area (Å²) in [5, 5.41) is 0. The first kappa shape index (κ1) is 13.2. The van der Waals surface area contributed by atoms with E-state index >= 15 is 0 Å². The van der Waals surface area contributed by atoms with Crippen LogP contribution in [0.3, 0.4) is 0 Å². The molecule has 1 aromatic rings. The number of anilines is 1. The molecule has 1 atom stereocenters. The van der Waals surface area contributed by atoms with Crippen LogP contribution < -0.4 is 10.6 Å². The molecular weight excluding hydrogens is 226 g/mol. The second kappa shape index (κ2) is 6.11. The van der Waals surface area contributed by atoms with E-state index in [1.165, 1.54) is 0 Å². The van der Waals surface area contributed by atoms with Crippen LogP contribution in [0.2, 0.25) is 0 Å². The van der Waals surface area contributed by atoms with Crippen LogP contribution in [-0.2, 0) is 0 Å². The minimum Gasteiger partial charge on any atom is -0.338 e. The topological polar surface area (TPSA) is 58.3 Å². The van der Waals surface area contributed by atoms with Crippen molar-refractivity contribution in [2.45, 2.75) is 26.3 Å². The maximum absolute atomic E-state index is 5.80. The van der Waals surface area contributed by atoms with Crippen LogP contribution in [0.1, 0.15) is 18.9 Å². The Morgan fingerprint density at radius 3 is 2.33 bits per heavy atom. The fourth-order valence-corrected chi connectivity index (χ4v) is 2.41. The average Bonchev–Trinajstić information content (AvgIpc) is 2.42. The lowest BCUT2D eigenvalue weighted by molar-refractivity contribution is 0.184. The van der Waals surface area contributed by atoms with Gasteiger partial charge in [0.15, 0.2) is 0 Å². The molecule has 2 heterocycles. The summed E-state index contributed by atoms with van der Waals surface area (Å²) in [6, 6.07) is 0.520. The van der Waals surface area contributed by atoms with Gasteiger partial charge in [-0.1, -0.05) is 6.92 Å². The molecule has 100 valence electrons. The molecule has 18 heavy (non-hydrogen) atoms. The summed E-state index contributed by atoms with van der Waals surface area (Å²) in [6.07, 6.45) is 4.88. The van der Waals surface area contributed by atoms with Crippen LogP contribution >= 0.6 is 0 Å². The van der Waals surface area contributed by atoms with E-state index in [0.717, 1.165) is 50.7 Å². The average molecular weight is 249 g/mol. The molecule has 1 aliphatic rings. The molecule has 0 aromatic carbocycles. The molecule has 1 fully saturated rings. The molecule has 2 rings (SSSR count). The summed E-state index contributed by atoms with van der Waals surface area (Å²) in [6.45, 7) is 9.03. The van der Waals surface area contributed by atoms with Crippen molar-refractivity contribution in [1.82, 2.24) is 14.9 Å². The van der Waals surface area contributed by atoms with Gasteiger partial charge in [0.2, 0.25) is 5.95 Å². The smallest absolute Gasteiger partial charge is 0.225 e. The van der Waals surface area contributed by atoms with Crippen LogP contribution in [0.4, 0.5) is 5.95 Å². The summed E-state index contributed by atoms with van der Waals surface area (Å²) in [4.78, 5) is 13.5. The molecule has 0 saturated carbocycles. The van der Waals surface area contributed by atoms with Gasteiger partial charge in [0.25, 0.3) is 0 Å². The molecular formula is C13H23N5. The Morgan fingerprint density at radius 2 is 1.83 bits per heavy atom. The monoisotopic (exact) mass is 249 g/mol. The molecule has 5 nitrogen and oxygen atoms in total. The Labute approximate surface area is 109 Å². The lowest BCUT2D eigenvalue weighted by atomic mass is 10.1. The standard InChI is InChI=1S/C13H23N5/c1-3-12(8-14)17-4-6-18(7-5-17)13-15-9-11(2)10-16-13/h9-10,12H,3-8,14H2,1-2H3. The zero-order valence-electron chi connectivity index (χ0n) is 11.3. The van der Waals surface area contributed by atoms with Gasteiger partial charge in [-0.05, 0) is 18.9 Å². The van der Waals surface area contributed by atoms with E-state index in [-0.39, 0.29) is 0 Å². The first-order chi connectivity index (χ1) is 8.74. The van der Waals surface area contributed by atoms with Crippen molar-refractivity contribution in [3.05, 3.63) is 18.0 Å². The summed E-state index contributed by atoms with van der Waals surface area (Å²) in [7, 11) is 0. The second-order valence-electron chi connectivity index (χ2n) is 4.88. The minimum absolute atomic E-state index is 0.520. The Balaban J connectivity index is 1.92. The lowest BCUT2D eigenvalue weighted by Crippen LogP contribution is -2.52. The van der Waals surface area contributed by atoms with Gasteiger partial charge < -0.3 is 10.6 Å². The van der Waals surface area contributed by atoms with Crippen molar-refractivity contribution in [1.29, 1.82) is 0 Å². The third-order valence-electron chi connectivity index (χ3n) is 3.62. The molecule has 0 spiro atoms. The van der Waals surface area contributed by atoms with Gasteiger partial charge in [-0.3, -0.25) is 4.90 Å². The molecule has 5 heteroatoms. The van der Waals surface area contributed by atoms with Crippen LogP contribution in [0.15, 0.2) is 12.4 Å². The Morgan fingerprint density at radius 1 is 1.22 bits per heavy atom. The number of piperazine rings is 1. The van der Waals surface area contributed by atoms with Gasteiger partial charge in [0.1, 0.15) is 0 Å². The van der Waals surface area contributed by atoms with Crippen molar-refractivity contribution in [2.24, 2.45) is 5.73 Å². The molecule has 1 aromatic heterocycles. The molecule has 1 unspecified atom stereocenters. The fraction of sp³-hybridized carbons (Fsp3) is 0.692. The molecule has 0 amide bonds. The van der Waals surface area contributed by atoms with Gasteiger partial charge in [-0.25, -0.2) is 9.97 Å². The maximum atomic E-state index is 5.80. The van der Waals surface area contributed by atoms with Gasteiger partial charge in [-0.15, -0.1) is 0 Å². The summed E-state index contributed by atoms with van der Waals surface area (Å²) >= 11 is 0. The zero-order valence-corrected chi connectivity index (χ0v) is 11.3. The SMILES string of the molecule is CCC(CN)N1CCN(c2ncc(C)cn2)CC1. The predicted molar refractivity (Wildman–Crippen MR) is 73.7 cm³/mol. The summed E-state index contributed by atoms with van der Waals surface area (Å²) < 4.78 is 0. The van der Waals surface area contributed by atoms with E-state index in [4.69, 9.17) is 5.73 Å². The molecule has 2 N–H and O–H groups in total. The Kier molecular flexibility index (Phi) is 4.49. The zero-order chi connectivity index (χ0) is 13.0. The first-order valence-electron chi connectivity index (χ1n) is 6.72. The van der Waals surface area contributed by atoms with Crippen molar-refractivity contribution in [3.63, 3.8) is 0 Å². The Hall–Kier alpha value is -1.20. The third kappa shape index (κ3) is 2.97. The number of hydrogen-bond donors (Lipinski definition) is 1. The van der Waals surface area contributed by atoms with Crippen molar-refractivity contribution in [2.75, 3.05) is 37.6 Å². The van der Waals surface area contributed by atoms with Crippen molar-refractivity contribution in [3.8, 4) is 0 Å². The van der Waals surface area contributed by atoms with E-state index in [2.05, 4.69) is 26.7 Å². The number of rotatable bonds is 4. The highest BCUT2D eigenvalue weighted by molar-refractivity contribution is 5.30. The number of hydrogen-bond acceptors (Lipinski definition) is 5. The van der Waals surface area contributed by atoms with E-state index < -0.39 is 0 Å². The van der Waals surface area contributed by atoms with Gasteiger partial charge in [-0.2, -0.15) is 0 Å². The fourth-order valence-electron chi connectivity index (χ4n) is 2.41. The van der Waals surface area contributed by atoms with E-state index in [1.54, 1.807) is 0 Å². The van der Waals surface area contributed by atoms with E-state index in [9.17, 15) is 0 Å². The number of aromatic nitrogens is 2. The van der Waals surface area contributed by atoms with Crippen LogP contribution in [0, 0.1) is 6.92 Å². The van der Waals surface area contributed by atoms with Crippen LogP contribution in [0.5, 0.6) is 0 Å².